The summed E-state index contributed by atoms with van der Waals surface area (Å²) in [5, 5.41) is 0. The molecule has 98 valence electrons. The molecule has 0 aliphatic heterocycles. The van der Waals surface area contributed by atoms with Crippen LogP contribution in [0.4, 0.5) is 0 Å². The van der Waals surface area contributed by atoms with E-state index in [9.17, 15) is 9.59 Å². The molecule has 0 radical (unpaired) electrons. The average Bonchev–Trinajstić information content (AvgIpc) is 2.67. The van der Waals surface area contributed by atoms with Crippen LogP contribution in [-0.4, -0.2) is 29.7 Å². The smallest absolute Gasteiger partial charge is 0.255 e. The third-order valence-electron chi connectivity index (χ3n) is 3.27. The summed E-state index contributed by atoms with van der Waals surface area (Å²) in [7, 11) is 1.82. The summed E-state index contributed by atoms with van der Waals surface area (Å²) in [6, 6.07) is 2.02. The maximum Gasteiger partial charge on any atom is 0.255 e. The molecule has 18 heavy (non-hydrogen) atoms. The zero-order chi connectivity index (χ0) is 13.3. The van der Waals surface area contributed by atoms with Crippen molar-refractivity contribution >= 4 is 54.9 Å². The van der Waals surface area contributed by atoms with Crippen LogP contribution in [0.25, 0.3) is 0 Å². The van der Waals surface area contributed by atoms with Gasteiger partial charge in [-0.1, -0.05) is 0 Å². The van der Waals surface area contributed by atoms with E-state index in [1.54, 1.807) is 4.90 Å². The molecule has 0 aromatic carbocycles. The number of ketones is 1. The molecular formula is C12H13Br2NO2S. The minimum absolute atomic E-state index is 0.0168. The van der Waals surface area contributed by atoms with Gasteiger partial charge in [-0.2, -0.15) is 0 Å². The number of thiophene rings is 1. The van der Waals surface area contributed by atoms with Crippen molar-refractivity contribution in [3.8, 4) is 0 Å². The fraction of sp³-hybridized carbons (Fsp3) is 0.500. The molecule has 1 aromatic heterocycles. The number of hydrogen-bond donors (Lipinski definition) is 0. The quantitative estimate of drug-likeness (QED) is 0.763. The van der Waals surface area contributed by atoms with Gasteiger partial charge in [-0.05, 0) is 50.8 Å². The molecule has 1 saturated carbocycles. The van der Waals surface area contributed by atoms with Crippen LogP contribution in [0.1, 0.15) is 36.0 Å². The molecule has 1 amide bonds. The van der Waals surface area contributed by atoms with E-state index in [2.05, 4.69) is 31.9 Å². The number of halogens is 2. The summed E-state index contributed by atoms with van der Waals surface area (Å²) < 4.78 is 1.78. The van der Waals surface area contributed by atoms with E-state index in [1.165, 1.54) is 11.3 Å². The number of carbonyl (C=O) groups excluding carboxylic acids is 2. The zero-order valence-electron chi connectivity index (χ0n) is 9.91. The Morgan fingerprint density at radius 3 is 2.50 bits per heavy atom. The molecule has 2 rings (SSSR count). The standard InChI is InChI=1S/C12H13Br2NO2S/c1-15(7-2-4-8(16)5-3-7)12(17)9-6-10(13)18-11(9)14/h6-7H,2-5H2,1H3. The summed E-state index contributed by atoms with van der Waals surface area (Å²) in [5.74, 6) is 0.328. The third kappa shape index (κ3) is 3.03. The molecule has 0 saturated heterocycles. The van der Waals surface area contributed by atoms with Crippen LogP contribution >= 0.6 is 43.2 Å². The maximum atomic E-state index is 12.4. The first-order chi connectivity index (χ1) is 8.49. The van der Waals surface area contributed by atoms with E-state index in [0.29, 0.717) is 24.2 Å². The highest BCUT2D eigenvalue weighted by Crippen LogP contribution is 2.33. The first-order valence-corrected chi connectivity index (χ1v) is 8.13. The molecule has 1 aliphatic rings. The van der Waals surface area contributed by atoms with Crippen LogP contribution in [0.5, 0.6) is 0 Å². The lowest BCUT2D eigenvalue weighted by molar-refractivity contribution is -0.121. The van der Waals surface area contributed by atoms with Gasteiger partial charge in [0.15, 0.2) is 0 Å². The van der Waals surface area contributed by atoms with Gasteiger partial charge >= 0.3 is 0 Å². The van der Waals surface area contributed by atoms with Crippen molar-refractivity contribution in [1.29, 1.82) is 0 Å². The molecule has 1 heterocycles. The van der Waals surface area contributed by atoms with E-state index in [1.807, 2.05) is 13.1 Å². The predicted octanol–water partition coefficient (Wildman–Crippen LogP) is 3.86. The number of amides is 1. The van der Waals surface area contributed by atoms with Crippen molar-refractivity contribution in [3.05, 3.63) is 19.2 Å². The lowest BCUT2D eigenvalue weighted by Gasteiger charge is -2.30. The van der Waals surface area contributed by atoms with Gasteiger partial charge in [0.2, 0.25) is 0 Å². The summed E-state index contributed by atoms with van der Waals surface area (Å²) >= 11 is 8.28. The van der Waals surface area contributed by atoms with Crippen LogP contribution in [0, 0.1) is 0 Å². The summed E-state index contributed by atoms with van der Waals surface area (Å²) in [6.45, 7) is 0. The summed E-state index contributed by atoms with van der Waals surface area (Å²) in [4.78, 5) is 25.3. The van der Waals surface area contributed by atoms with Crippen LogP contribution in [0.15, 0.2) is 13.6 Å². The molecule has 6 heteroatoms. The SMILES string of the molecule is CN(C(=O)c1cc(Br)sc1Br)C1CCC(=O)CC1. The van der Waals surface area contributed by atoms with Crippen molar-refractivity contribution in [1.82, 2.24) is 4.90 Å². The lowest BCUT2D eigenvalue weighted by atomic mass is 9.93. The predicted molar refractivity (Wildman–Crippen MR) is 79.1 cm³/mol. The Morgan fingerprint density at radius 1 is 1.39 bits per heavy atom. The Labute approximate surface area is 127 Å². The monoisotopic (exact) mass is 393 g/mol. The van der Waals surface area contributed by atoms with Gasteiger partial charge in [0.1, 0.15) is 5.78 Å². The highest BCUT2D eigenvalue weighted by atomic mass is 79.9. The van der Waals surface area contributed by atoms with E-state index in [-0.39, 0.29) is 11.9 Å². The highest BCUT2D eigenvalue weighted by Gasteiger charge is 2.27. The highest BCUT2D eigenvalue weighted by molar-refractivity contribution is 9.12. The summed E-state index contributed by atoms with van der Waals surface area (Å²) in [6.07, 6.45) is 2.75. The minimum atomic E-state index is 0.0168. The average molecular weight is 395 g/mol. The Kier molecular flexibility index (Phi) is 4.61. The van der Waals surface area contributed by atoms with E-state index >= 15 is 0 Å². The fourth-order valence-corrected chi connectivity index (χ4v) is 4.93. The number of hydrogen-bond acceptors (Lipinski definition) is 3. The van der Waals surface area contributed by atoms with Gasteiger partial charge in [0.25, 0.3) is 5.91 Å². The third-order valence-corrected chi connectivity index (χ3v) is 5.61. The van der Waals surface area contributed by atoms with E-state index < -0.39 is 0 Å². The van der Waals surface area contributed by atoms with E-state index in [0.717, 1.165) is 20.4 Å². The molecule has 1 aliphatic carbocycles. The number of rotatable bonds is 2. The van der Waals surface area contributed by atoms with E-state index in [4.69, 9.17) is 0 Å². The Hall–Kier alpha value is -0.200. The zero-order valence-corrected chi connectivity index (χ0v) is 13.9. The first kappa shape index (κ1) is 14.2. The van der Waals surface area contributed by atoms with Gasteiger partial charge in [-0.15, -0.1) is 11.3 Å². The van der Waals surface area contributed by atoms with Gasteiger partial charge in [-0.3, -0.25) is 9.59 Å². The number of carbonyl (C=O) groups is 2. The topological polar surface area (TPSA) is 37.4 Å². The van der Waals surface area contributed by atoms with Crippen LogP contribution in [0.3, 0.4) is 0 Å². The van der Waals surface area contributed by atoms with Gasteiger partial charge < -0.3 is 4.90 Å². The molecule has 0 spiro atoms. The minimum Gasteiger partial charge on any atom is -0.339 e. The van der Waals surface area contributed by atoms with Gasteiger partial charge in [0, 0.05) is 25.9 Å². The second-order valence-corrected chi connectivity index (χ2v) is 8.17. The van der Waals surface area contributed by atoms with Crippen molar-refractivity contribution in [2.75, 3.05) is 7.05 Å². The van der Waals surface area contributed by atoms with Crippen LogP contribution in [-0.2, 0) is 4.79 Å². The molecule has 0 unspecified atom stereocenters. The lowest BCUT2D eigenvalue weighted by Crippen LogP contribution is -2.39. The normalized spacial score (nSPS) is 16.9. The fourth-order valence-electron chi connectivity index (χ4n) is 2.15. The summed E-state index contributed by atoms with van der Waals surface area (Å²) in [5.41, 5.74) is 0.686. The maximum absolute atomic E-state index is 12.4. The van der Waals surface area contributed by atoms with Crippen molar-refractivity contribution in [3.63, 3.8) is 0 Å². The Bertz CT molecular complexity index is 476. The number of nitrogens with zero attached hydrogens (tertiary/aromatic N) is 1. The first-order valence-electron chi connectivity index (χ1n) is 5.72. The molecule has 0 atom stereocenters. The van der Waals surface area contributed by atoms with Crippen molar-refractivity contribution in [2.45, 2.75) is 31.7 Å². The Morgan fingerprint density at radius 2 is 2.00 bits per heavy atom. The molecule has 0 bridgehead atoms. The molecule has 1 fully saturated rings. The molecule has 1 aromatic rings. The Balaban J connectivity index is 2.09. The number of Topliss-reactive ketones (excluding diaryl/α,β-unsaturated/α-hetero) is 1. The molecular weight excluding hydrogens is 382 g/mol. The van der Waals surface area contributed by atoms with Crippen LogP contribution < -0.4 is 0 Å². The van der Waals surface area contributed by atoms with Crippen molar-refractivity contribution in [2.24, 2.45) is 0 Å². The molecule has 3 nitrogen and oxygen atoms in total. The van der Waals surface area contributed by atoms with Crippen LogP contribution in [0.2, 0.25) is 0 Å². The van der Waals surface area contributed by atoms with Crippen molar-refractivity contribution < 1.29 is 9.59 Å². The van der Waals surface area contributed by atoms with Gasteiger partial charge in [-0.25, -0.2) is 0 Å². The molecule has 0 N–H and O–H groups in total. The second kappa shape index (κ2) is 5.84. The van der Waals surface area contributed by atoms with Gasteiger partial charge in [0.05, 0.1) is 13.1 Å². The second-order valence-electron chi connectivity index (χ2n) is 4.42. The largest absolute Gasteiger partial charge is 0.339 e.